The van der Waals surface area contributed by atoms with E-state index in [-0.39, 0.29) is 31.0 Å². The minimum absolute atomic E-state index is 0.0179. The van der Waals surface area contributed by atoms with Gasteiger partial charge in [0.15, 0.2) is 5.82 Å². The van der Waals surface area contributed by atoms with Crippen molar-refractivity contribution in [1.29, 1.82) is 0 Å². The highest BCUT2D eigenvalue weighted by molar-refractivity contribution is 5.78. The van der Waals surface area contributed by atoms with Crippen LogP contribution >= 0.6 is 0 Å². The number of benzene rings is 1. The number of H-pyrrole nitrogens is 1. The number of hydrogen-bond donors (Lipinski definition) is 2. The number of nitrogens with zero attached hydrogens (tertiary/aromatic N) is 6. The van der Waals surface area contributed by atoms with Crippen LogP contribution in [-0.2, 0) is 14.3 Å². The lowest BCUT2D eigenvalue weighted by Gasteiger charge is -2.53. The predicted molar refractivity (Wildman–Crippen MR) is 167 cm³/mol. The zero-order valence-corrected chi connectivity index (χ0v) is 25.8. The summed E-state index contributed by atoms with van der Waals surface area (Å²) in [5.41, 5.74) is 2.88. The van der Waals surface area contributed by atoms with Crippen LogP contribution in [0.4, 0.5) is 11.6 Å². The lowest BCUT2D eigenvalue weighted by Crippen LogP contribution is -2.68. The molecule has 0 bridgehead atoms. The normalized spacial score (nSPS) is 22.0. The van der Waals surface area contributed by atoms with E-state index in [1.807, 2.05) is 36.4 Å². The second-order valence-electron chi connectivity index (χ2n) is 11.6. The van der Waals surface area contributed by atoms with Gasteiger partial charge in [0.1, 0.15) is 29.2 Å². The average molecular weight is 630 g/mol. The summed E-state index contributed by atoms with van der Waals surface area (Å²) in [6, 6.07) is 12.6. The van der Waals surface area contributed by atoms with E-state index >= 15 is 0 Å². The number of morpholine rings is 1. The lowest BCUT2D eigenvalue weighted by molar-refractivity contribution is -0.228. The third-order valence-electron chi connectivity index (χ3n) is 8.90. The molecule has 46 heavy (non-hydrogen) atoms. The molecule has 14 heteroatoms. The molecule has 3 fully saturated rings. The van der Waals surface area contributed by atoms with Crippen LogP contribution in [0, 0.1) is 0 Å². The molecule has 6 heterocycles. The van der Waals surface area contributed by atoms with Gasteiger partial charge in [0.2, 0.25) is 11.8 Å². The van der Waals surface area contributed by atoms with E-state index in [4.69, 9.17) is 28.7 Å². The van der Waals surface area contributed by atoms with Crippen molar-refractivity contribution in [3.63, 3.8) is 0 Å². The second-order valence-corrected chi connectivity index (χ2v) is 11.6. The number of aromatic nitrogens is 5. The maximum absolute atomic E-state index is 12.5. The molecule has 1 aromatic carbocycles. The second kappa shape index (κ2) is 12.1. The number of aromatic amines is 1. The smallest absolute Gasteiger partial charge is 0.326 e. The van der Waals surface area contributed by atoms with Crippen LogP contribution in [0.15, 0.2) is 54.9 Å². The van der Waals surface area contributed by atoms with Crippen molar-refractivity contribution in [3.8, 4) is 40.3 Å². The molecule has 0 unspecified atom stereocenters. The molecular formula is C32H35N7O7. The number of carboxylic acids is 1. The first-order valence-corrected chi connectivity index (χ1v) is 15.1. The number of carbonyl (C=O) groups is 1. The van der Waals surface area contributed by atoms with E-state index < -0.39 is 23.7 Å². The Bertz CT molecular complexity index is 1710. The molecule has 0 amide bonds. The molecule has 0 aliphatic carbocycles. The highest BCUT2D eigenvalue weighted by atomic mass is 16.6. The van der Waals surface area contributed by atoms with Gasteiger partial charge in [-0.2, -0.15) is 15.0 Å². The standard InChI is InChI=1S/C32H35N7O7/c1-19-32(17-44-18-32)45-11-10-38(19)25-13-21(20-6-4-7-22(12-20)42-2)15-34-28(25)46-23-14-26(29(40)41)39(16-23)30-35-27(24-8-5-9-33-24)36-31(37-30)43-3/h4-9,12-13,15,19,23,26,33H,10-11,14,16-18H2,1-3H3,(H,40,41)/t19-,23-,26-/m0/s1. The number of ether oxygens (including phenoxy) is 5. The summed E-state index contributed by atoms with van der Waals surface area (Å²) >= 11 is 0. The molecule has 1 spiro atoms. The van der Waals surface area contributed by atoms with Gasteiger partial charge >= 0.3 is 12.0 Å². The van der Waals surface area contributed by atoms with Crippen molar-refractivity contribution in [2.75, 3.05) is 56.9 Å². The predicted octanol–water partition coefficient (Wildman–Crippen LogP) is 3.05. The molecular weight excluding hydrogens is 594 g/mol. The first kappa shape index (κ1) is 29.7. The van der Waals surface area contributed by atoms with Crippen LogP contribution in [0.5, 0.6) is 17.6 Å². The molecule has 7 rings (SSSR count). The summed E-state index contributed by atoms with van der Waals surface area (Å²) in [6.07, 6.45) is 3.19. The van der Waals surface area contributed by atoms with Gasteiger partial charge < -0.3 is 43.6 Å². The van der Waals surface area contributed by atoms with E-state index in [2.05, 4.69) is 37.8 Å². The molecule has 14 nitrogen and oxygen atoms in total. The van der Waals surface area contributed by atoms with Crippen LogP contribution in [0.25, 0.3) is 22.6 Å². The fourth-order valence-electron chi connectivity index (χ4n) is 6.25. The number of methoxy groups -OCH3 is 2. The SMILES string of the molecule is COc1cccc(-c2cnc(O[C@H]3C[C@@H](C(=O)O)N(c4nc(OC)nc(-c5ccc[nH]5)n4)C3)c(N3CCOC4(COC4)[C@@H]3C)c2)c1. The molecule has 240 valence electrons. The Hall–Kier alpha value is -4.95. The zero-order chi connectivity index (χ0) is 31.8. The Balaban J connectivity index is 1.22. The number of rotatable bonds is 9. The summed E-state index contributed by atoms with van der Waals surface area (Å²) in [6.45, 7) is 4.52. The monoisotopic (exact) mass is 629 g/mol. The first-order valence-electron chi connectivity index (χ1n) is 15.1. The van der Waals surface area contributed by atoms with Gasteiger partial charge in [-0.05, 0) is 42.8 Å². The van der Waals surface area contributed by atoms with Gasteiger partial charge in [0.05, 0.1) is 52.3 Å². The van der Waals surface area contributed by atoms with Gasteiger partial charge in [0.25, 0.3) is 0 Å². The van der Waals surface area contributed by atoms with E-state index in [0.717, 1.165) is 22.6 Å². The molecule has 3 atom stereocenters. The van der Waals surface area contributed by atoms with E-state index in [9.17, 15) is 9.90 Å². The number of aliphatic carboxylic acids is 1. The van der Waals surface area contributed by atoms with Crippen LogP contribution in [-0.4, -0.2) is 107 Å². The molecule has 3 saturated heterocycles. The van der Waals surface area contributed by atoms with Gasteiger partial charge in [-0.1, -0.05) is 12.1 Å². The third-order valence-corrected chi connectivity index (χ3v) is 8.90. The van der Waals surface area contributed by atoms with E-state index in [1.165, 1.54) is 7.11 Å². The minimum Gasteiger partial charge on any atom is -0.497 e. The van der Waals surface area contributed by atoms with Gasteiger partial charge in [-0.3, -0.25) is 0 Å². The number of hydrogen-bond acceptors (Lipinski definition) is 12. The maximum Gasteiger partial charge on any atom is 0.326 e. The highest BCUT2D eigenvalue weighted by Crippen LogP contribution is 2.41. The largest absolute Gasteiger partial charge is 0.497 e. The fourth-order valence-corrected chi connectivity index (χ4v) is 6.25. The molecule has 3 aliphatic rings. The number of anilines is 2. The van der Waals surface area contributed by atoms with Crippen LogP contribution in [0.3, 0.4) is 0 Å². The fraction of sp³-hybridized carbons (Fsp3) is 0.406. The Labute approximate surface area is 265 Å². The highest BCUT2D eigenvalue weighted by Gasteiger charge is 2.50. The third kappa shape index (κ3) is 5.43. The van der Waals surface area contributed by atoms with E-state index in [1.54, 1.807) is 24.4 Å². The quantitative estimate of drug-likeness (QED) is 0.279. The number of carboxylic acid groups (broad SMARTS) is 1. The Morgan fingerprint density at radius 1 is 1.07 bits per heavy atom. The molecule has 3 aliphatic heterocycles. The van der Waals surface area contributed by atoms with Crippen molar-refractivity contribution >= 4 is 17.6 Å². The minimum atomic E-state index is -1.01. The average Bonchev–Trinajstić information content (AvgIpc) is 3.76. The maximum atomic E-state index is 12.5. The van der Waals surface area contributed by atoms with Crippen molar-refractivity contribution in [1.82, 2.24) is 24.9 Å². The summed E-state index contributed by atoms with van der Waals surface area (Å²) in [5.74, 6) is 0.664. The molecule has 3 aromatic heterocycles. The van der Waals surface area contributed by atoms with Gasteiger partial charge in [-0.15, -0.1) is 0 Å². The Kier molecular flexibility index (Phi) is 7.82. The number of pyridine rings is 1. The molecule has 4 aromatic rings. The van der Waals surface area contributed by atoms with Crippen molar-refractivity contribution < 1.29 is 33.6 Å². The van der Waals surface area contributed by atoms with Crippen molar-refractivity contribution in [2.24, 2.45) is 0 Å². The molecule has 2 N–H and O–H groups in total. The summed E-state index contributed by atoms with van der Waals surface area (Å²) in [4.78, 5) is 37.6. The topological polar surface area (TPSA) is 157 Å². The lowest BCUT2D eigenvalue weighted by atomic mass is 9.90. The van der Waals surface area contributed by atoms with Crippen LogP contribution < -0.4 is 24.0 Å². The Morgan fingerprint density at radius 3 is 2.65 bits per heavy atom. The summed E-state index contributed by atoms with van der Waals surface area (Å²) in [5, 5.41) is 10.2. The Morgan fingerprint density at radius 2 is 1.93 bits per heavy atom. The van der Waals surface area contributed by atoms with Gasteiger partial charge in [0, 0.05) is 30.9 Å². The van der Waals surface area contributed by atoms with E-state index in [0.29, 0.717) is 43.8 Å². The van der Waals surface area contributed by atoms with Crippen molar-refractivity contribution in [2.45, 2.75) is 37.1 Å². The summed E-state index contributed by atoms with van der Waals surface area (Å²) < 4.78 is 29.1. The molecule has 0 saturated carbocycles. The zero-order valence-electron chi connectivity index (χ0n) is 25.8. The van der Waals surface area contributed by atoms with Crippen molar-refractivity contribution in [3.05, 3.63) is 54.9 Å². The first-order chi connectivity index (χ1) is 22.4. The van der Waals surface area contributed by atoms with Crippen LogP contribution in [0.2, 0.25) is 0 Å². The summed E-state index contributed by atoms with van der Waals surface area (Å²) in [7, 11) is 3.09. The number of nitrogens with one attached hydrogen (secondary N) is 1. The van der Waals surface area contributed by atoms with Gasteiger partial charge in [-0.25, -0.2) is 9.78 Å². The molecule has 0 radical (unpaired) electrons. The van der Waals surface area contributed by atoms with Crippen LogP contribution in [0.1, 0.15) is 13.3 Å².